The molecule has 1 N–H and O–H groups in total. The van der Waals surface area contributed by atoms with E-state index in [1.165, 1.54) is 0 Å². The van der Waals surface area contributed by atoms with Crippen molar-refractivity contribution < 1.29 is 27.9 Å². The molecule has 0 aromatic rings. The Kier molecular flexibility index (Phi) is 3.25. The zero-order valence-corrected chi connectivity index (χ0v) is 9.61. The largest absolute Gasteiger partial charge is 0.481 e. The number of carboxylic acid groups (broad SMARTS) is 1. The molecular formula is C11H14F3NO3. The SMILES string of the molecule is O=C(O)C1CCC2CCN(C(=O)C(F)(F)F)C2C1. The van der Waals surface area contributed by atoms with Crippen LogP contribution in [0.15, 0.2) is 0 Å². The topological polar surface area (TPSA) is 57.6 Å². The van der Waals surface area contributed by atoms with Crippen molar-refractivity contribution in [3.8, 4) is 0 Å². The molecule has 1 aliphatic carbocycles. The Morgan fingerprint density at radius 1 is 1.17 bits per heavy atom. The van der Waals surface area contributed by atoms with Gasteiger partial charge in [0.15, 0.2) is 0 Å². The number of carboxylic acids is 1. The number of rotatable bonds is 1. The number of amides is 1. The predicted octanol–water partition coefficient (Wildman–Crippen LogP) is 1.65. The van der Waals surface area contributed by atoms with E-state index in [0.717, 1.165) is 4.90 Å². The molecule has 2 rings (SSSR count). The van der Waals surface area contributed by atoms with E-state index >= 15 is 0 Å². The van der Waals surface area contributed by atoms with Gasteiger partial charge in [-0.15, -0.1) is 0 Å². The molecule has 0 bridgehead atoms. The maximum absolute atomic E-state index is 12.4. The molecule has 0 aromatic carbocycles. The smallest absolute Gasteiger partial charge is 0.471 e. The first kappa shape index (κ1) is 13.2. The molecule has 7 heteroatoms. The van der Waals surface area contributed by atoms with Gasteiger partial charge in [-0.05, 0) is 31.6 Å². The molecule has 2 fully saturated rings. The molecule has 4 nitrogen and oxygen atoms in total. The van der Waals surface area contributed by atoms with Gasteiger partial charge in [-0.1, -0.05) is 0 Å². The monoisotopic (exact) mass is 265 g/mol. The first-order valence-corrected chi connectivity index (χ1v) is 5.91. The summed E-state index contributed by atoms with van der Waals surface area (Å²) in [6.07, 6.45) is -3.11. The minimum absolute atomic E-state index is 0.0203. The third kappa shape index (κ3) is 2.30. The Hall–Kier alpha value is -1.27. The molecule has 1 saturated heterocycles. The second-order valence-electron chi connectivity index (χ2n) is 4.96. The van der Waals surface area contributed by atoms with E-state index in [1.54, 1.807) is 0 Å². The number of halogens is 3. The fraction of sp³-hybridized carbons (Fsp3) is 0.818. The van der Waals surface area contributed by atoms with E-state index in [4.69, 9.17) is 5.11 Å². The Morgan fingerprint density at radius 3 is 2.39 bits per heavy atom. The second kappa shape index (κ2) is 4.44. The number of hydrogen-bond acceptors (Lipinski definition) is 2. The number of alkyl halides is 3. The molecular weight excluding hydrogens is 251 g/mol. The van der Waals surface area contributed by atoms with Crippen molar-refractivity contribution >= 4 is 11.9 Å². The minimum atomic E-state index is -4.87. The molecule has 1 heterocycles. The summed E-state index contributed by atoms with van der Waals surface area (Å²) in [5.74, 6) is -3.43. The van der Waals surface area contributed by atoms with Gasteiger partial charge in [-0.25, -0.2) is 0 Å². The highest BCUT2D eigenvalue weighted by Gasteiger charge is 2.50. The van der Waals surface area contributed by atoms with Crippen molar-refractivity contribution in [1.29, 1.82) is 0 Å². The highest BCUT2D eigenvalue weighted by atomic mass is 19.4. The van der Waals surface area contributed by atoms with E-state index in [1.807, 2.05) is 0 Å². The molecule has 1 aliphatic heterocycles. The van der Waals surface area contributed by atoms with Crippen molar-refractivity contribution in [3.63, 3.8) is 0 Å². The molecule has 1 saturated carbocycles. The van der Waals surface area contributed by atoms with E-state index < -0.39 is 30.0 Å². The summed E-state index contributed by atoms with van der Waals surface area (Å²) in [4.78, 5) is 23.0. The summed E-state index contributed by atoms with van der Waals surface area (Å²) in [6.45, 7) is 0.0833. The van der Waals surface area contributed by atoms with Crippen LogP contribution >= 0.6 is 0 Å². The Morgan fingerprint density at radius 2 is 1.83 bits per heavy atom. The van der Waals surface area contributed by atoms with Crippen LogP contribution < -0.4 is 0 Å². The van der Waals surface area contributed by atoms with Gasteiger partial charge in [0.25, 0.3) is 0 Å². The molecule has 0 spiro atoms. The molecule has 0 aromatic heterocycles. The van der Waals surface area contributed by atoms with Gasteiger partial charge in [0.1, 0.15) is 0 Å². The number of fused-ring (bicyclic) bond motifs is 1. The first-order valence-electron chi connectivity index (χ1n) is 5.91. The zero-order chi connectivity index (χ0) is 13.5. The molecule has 0 radical (unpaired) electrons. The number of carbonyl (C=O) groups excluding carboxylic acids is 1. The molecule has 2 aliphatic rings. The zero-order valence-electron chi connectivity index (χ0n) is 9.61. The van der Waals surface area contributed by atoms with Crippen molar-refractivity contribution in [2.45, 2.75) is 37.9 Å². The quantitative estimate of drug-likeness (QED) is 0.784. The van der Waals surface area contributed by atoms with Crippen molar-refractivity contribution in [3.05, 3.63) is 0 Å². The van der Waals surface area contributed by atoms with Gasteiger partial charge in [-0.2, -0.15) is 13.2 Å². The first-order chi connectivity index (χ1) is 8.30. The minimum Gasteiger partial charge on any atom is -0.481 e. The van der Waals surface area contributed by atoms with Gasteiger partial charge in [-0.3, -0.25) is 9.59 Å². The molecule has 1 amide bonds. The van der Waals surface area contributed by atoms with E-state index in [9.17, 15) is 22.8 Å². The standard InChI is InChI=1S/C11H14F3NO3/c12-11(13,14)10(18)15-4-3-6-1-2-7(9(16)17)5-8(6)15/h6-8H,1-5H2,(H,16,17). The maximum atomic E-state index is 12.4. The van der Waals surface area contributed by atoms with E-state index in [2.05, 4.69) is 0 Å². The summed E-state index contributed by atoms with van der Waals surface area (Å²) < 4.78 is 37.2. The lowest BCUT2D eigenvalue weighted by Crippen LogP contribution is -2.47. The average Bonchev–Trinajstić information content (AvgIpc) is 2.68. The number of aliphatic carboxylic acids is 1. The summed E-state index contributed by atoms with van der Waals surface area (Å²) >= 11 is 0. The van der Waals surface area contributed by atoms with Crippen LogP contribution in [0.25, 0.3) is 0 Å². The van der Waals surface area contributed by atoms with Crippen molar-refractivity contribution in [2.24, 2.45) is 11.8 Å². The highest BCUT2D eigenvalue weighted by molar-refractivity contribution is 5.82. The molecule has 18 heavy (non-hydrogen) atoms. The van der Waals surface area contributed by atoms with Crippen LogP contribution in [0.4, 0.5) is 13.2 Å². The van der Waals surface area contributed by atoms with Crippen LogP contribution in [-0.2, 0) is 9.59 Å². The fourth-order valence-electron chi connectivity index (χ4n) is 3.04. The molecule has 3 unspecified atom stereocenters. The van der Waals surface area contributed by atoms with Crippen molar-refractivity contribution in [1.82, 2.24) is 4.90 Å². The van der Waals surface area contributed by atoms with Crippen LogP contribution in [0.3, 0.4) is 0 Å². The van der Waals surface area contributed by atoms with Crippen LogP contribution in [-0.4, -0.2) is 40.6 Å². The lowest BCUT2D eigenvalue weighted by Gasteiger charge is -2.34. The third-order valence-electron chi connectivity index (χ3n) is 3.95. The van der Waals surface area contributed by atoms with Crippen LogP contribution in [0.2, 0.25) is 0 Å². The van der Waals surface area contributed by atoms with Gasteiger partial charge in [0.2, 0.25) is 0 Å². The van der Waals surface area contributed by atoms with Gasteiger partial charge in [0, 0.05) is 12.6 Å². The normalized spacial score (nSPS) is 32.2. The van der Waals surface area contributed by atoms with E-state index in [-0.39, 0.29) is 18.9 Å². The number of carbonyl (C=O) groups is 2. The summed E-state index contributed by atoms with van der Waals surface area (Å²) in [7, 11) is 0. The molecule has 3 atom stereocenters. The number of nitrogens with zero attached hydrogens (tertiary/aromatic N) is 1. The molecule has 102 valence electrons. The number of hydrogen-bond donors (Lipinski definition) is 1. The Balaban J connectivity index is 2.11. The maximum Gasteiger partial charge on any atom is 0.471 e. The van der Waals surface area contributed by atoms with Crippen LogP contribution in [0.1, 0.15) is 25.7 Å². The fourth-order valence-corrected chi connectivity index (χ4v) is 3.04. The number of likely N-dealkylation sites (tertiary alicyclic amines) is 1. The highest BCUT2D eigenvalue weighted by Crippen LogP contribution is 2.40. The summed E-state index contributed by atoms with van der Waals surface area (Å²) in [6, 6.07) is -0.561. The summed E-state index contributed by atoms with van der Waals surface area (Å²) in [5.41, 5.74) is 0. The Bertz CT molecular complexity index is 369. The summed E-state index contributed by atoms with van der Waals surface area (Å²) in [5, 5.41) is 8.92. The van der Waals surface area contributed by atoms with Gasteiger partial charge >= 0.3 is 18.1 Å². The second-order valence-corrected chi connectivity index (χ2v) is 4.96. The lowest BCUT2D eigenvalue weighted by atomic mass is 9.78. The third-order valence-corrected chi connectivity index (χ3v) is 3.95. The van der Waals surface area contributed by atoms with Crippen molar-refractivity contribution in [2.75, 3.05) is 6.54 Å². The van der Waals surface area contributed by atoms with Crippen LogP contribution in [0, 0.1) is 11.8 Å². The average molecular weight is 265 g/mol. The predicted molar refractivity (Wildman–Crippen MR) is 54.6 cm³/mol. The van der Waals surface area contributed by atoms with Gasteiger partial charge in [0.05, 0.1) is 5.92 Å². The van der Waals surface area contributed by atoms with Crippen LogP contribution in [0.5, 0.6) is 0 Å². The Labute approximate surface area is 102 Å². The van der Waals surface area contributed by atoms with Gasteiger partial charge < -0.3 is 10.0 Å². The lowest BCUT2D eigenvalue weighted by molar-refractivity contribution is -0.187. The van der Waals surface area contributed by atoms with E-state index in [0.29, 0.717) is 19.3 Å².